The van der Waals surface area contributed by atoms with Crippen LogP contribution in [0.25, 0.3) is 0 Å². The third-order valence-electron chi connectivity index (χ3n) is 4.23. The highest BCUT2D eigenvalue weighted by Crippen LogP contribution is 2.25. The predicted octanol–water partition coefficient (Wildman–Crippen LogP) is 2.67. The van der Waals surface area contributed by atoms with Crippen LogP contribution in [0.4, 0.5) is 11.4 Å². The van der Waals surface area contributed by atoms with Crippen molar-refractivity contribution < 1.29 is 27.5 Å². The van der Waals surface area contributed by atoms with Gasteiger partial charge in [-0.15, -0.1) is 0 Å². The molecule has 0 aliphatic rings. The SMILES string of the molecule is CC[C@@H](C(=O)Nc1ccc(C(=O)OC)cc1)N(c1ccc(OC)cc1)S(C)(=O)=O. The Morgan fingerprint density at radius 3 is 2.07 bits per heavy atom. The van der Waals surface area contributed by atoms with Gasteiger partial charge in [0.15, 0.2) is 0 Å². The molecule has 9 heteroatoms. The zero-order valence-corrected chi connectivity index (χ0v) is 17.5. The summed E-state index contributed by atoms with van der Waals surface area (Å²) in [6.07, 6.45) is 1.31. The molecule has 156 valence electrons. The molecule has 2 aromatic rings. The van der Waals surface area contributed by atoms with E-state index in [1.54, 1.807) is 43.3 Å². The van der Waals surface area contributed by atoms with E-state index in [2.05, 4.69) is 10.1 Å². The summed E-state index contributed by atoms with van der Waals surface area (Å²) in [6.45, 7) is 1.73. The smallest absolute Gasteiger partial charge is 0.337 e. The van der Waals surface area contributed by atoms with Crippen molar-refractivity contribution in [2.24, 2.45) is 0 Å². The molecule has 2 aromatic carbocycles. The molecular weight excluding hydrogens is 396 g/mol. The molecule has 0 bridgehead atoms. The maximum atomic E-state index is 12.9. The largest absolute Gasteiger partial charge is 0.497 e. The van der Waals surface area contributed by atoms with E-state index in [-0.39, 0.29) is 6.42 Å². The zero-order valence-electron chi connectivity index (χ0n) is 16.7. The van der Waals surface area contributed by atoms with E-state index in [4.69, 9.17) is 4.74 Å². The summed E-state index contributed by atoms with van der Waals surface area (Å²) >= 11 is 0. The number of hydrogen-bond donors (Lipinski definition) is 1. The van der Waals surface area contributed by atoms with Crippen molar-refractivity contribution in [1.82, 2.24) is 0 Å². The van der Waals surface area contributed by atoms with Crippen LogP contribution in [0.5, 0.6) is 5.75 Å². The summed E-state index contributed by atoms with van der Waals surface area (Å²) in [5.41, 5.74) is 1.13. The topological polar surface area (TPSA) is 102 Å². The fraction of sp³-hybridized carbons (Fsp3) is 0.300. The van der Waals surface area contributed by atoms with Gasteiger partial charge in [-0.2, -0.15) is 0 Å². The molecule has 0 saturated carbocycles. The minimum atomic E-state index is -3.74. The third kappa shape index (κ3) is 5.47. The van der Waals surface area contributed by atoms with Crippen LogP contribution < -0.4 is 14.4 Å². The second-order valence-corrected chi connectivity index (χ2v) is 8.10. The Balaban J connectivity index is 2.29. The first-order valence-electron chi connectivity index (χ1n) is 8.84. The van der Waals surface area contributed by atoms with Crippen LogP contribution in [0.1, 0.15) is 23.7 Å². The van der Waals surface area contributed by atoms with Gasteiger partial charge in [-0.05, 0) is 55.0 Å². The standard InChI is InChI=1S/C20H24N2O6S/c1-5-18(19(23)21-15-8-6-14(7-9-15)20(24)28-3)22(29(4,25)26)16-10-12-17(27-2)13-11-16/h6-13,18H,5H2,1-4H3,(H,21,23)/t18-/m0/s1. The van der Waals surface area contributed by atoms with E-state index in [0.717, 1.165) is 10.6 Å². The van der Waals surface area contributed by atoms with Crippen molar-refractivity contribution in [3.8, 4) is 5.75 Å². The number of benzene rings is 2. The van der Waals surface area contributed by atoms with Crippen molar-refractivity contribution in [2.75, 3.05) is 30.1 Å². The molecule has 1 N–H and O–H groups in total. The number of sulfonamides is 1. The number of methoxy groups -OCH3 is 2. The Kier molecular flexibility index (Phi) is 7.22. The highest BCUT2D eigenvalue weighted by molar-refractivity contribution is 7.92. The van der Waals surface area contributed by atoms with Gasteiger partial charge in [0.1, 0.15) is 11.8 Å². The molecule has 2 rings (SSSR count). The van der Waals surface area contributed by atoms with Crippen LogP contribution in [0.15, 0.2) is 48.5 Å². The van der Waals surface area contributed by atoms with Crippen LogP contribution in [-0.2, 0) is 19.6 Å². The van der Waals surface area contributed by atoms with Gasteiger partial charge in [-0.3, -0.25) is 9.10 Å². The van der Waals surface area contributed by atoms with Crippen LogP contribution in [-0.4, -0.2) is 46.8 Å². The lowest BCUT2D eigenvalue weighted by Crippen LogP contribution is -2.47. The van der Waals surface area contributed by atoms with E-state index < -0.39 is 27.9 Å². The molecule has 0 aliphatic carbocycles. The van der Waals surface area contributed by atoms with Crippen molar-refractivity contribution in [3.63, 3.8) is 0 Å². The van der Waals surface area contributed by atoms with Crippen molar-refractivity contribution in [2.45, 2.75) is 19.4 Å². The molecule has 0 aromatic heterocycles. The van der Waals surface area contributed by atoms with Gasteiger partial charge in [0.2, 0.25) is 15.9 Å². The van der Waals surface area contributed by atoms with E-state index in [9.17, 15) is 18.0 Å². The Hall–Kier alpha value is -3.07. The number of nitrogens with zero attached hydrogens (tertiary/aromatic N) is 1. The average Bonchev–Trinajstić information content (AvgIpc) is 2.71. The highest BCUT2D eigenvalue weighted by Gasteiger charge is 2.31. The molecule has 0 saturated heterocycles. The maximum absolute atomic E-state index is 12.9. The number of nitrogens with one attached hydrogen (secondary N) is 1. The number of esters is 1. The molecule has 0 spiro atoms. The van der Waals surface area contributed by atoms with Gasteiger partial charge < -0.3 is 14.8 Å². The molecular formula is C20H24N2O6S. The number of ether oxygens (including phenoxy) is 2. The number of hydrogen-bond acceptors (Lipinski definition) is 6. The Labute approximate surface area is 170 Å². The molecule has 0 heterocycles. The molecule has 29 heavy (non-hydrogen) atoms. The minimum absolute atomic E-state index is 0.255. The van der Waals surface area contributed by atoms with Crippen LogP contribution in [0.3, 0.4) is 0 Å². The third-order valence-corrected chi connectivity index (χ3v) is 5.41. The Morgan fingerprint density at radius 2 is 1.62 bits per heavy atom. The Bertz CT molecular complexity index is 955. The molecule has 0 unspecified atom stereocenters. The molecule has 8 nitrogen and oxygen atoms in total. The minimum Gasteiger partial charge on any atom is -0.497 e. The summed E-state index contributed by atoms with van der Waals surface area (Å²) in [7, 11) is -0.945. The second-order valence-electron chi connectivity index (χ2n) is 6.24. The summed E-state index contributed by atoms with van der Waals surface area (Å²) in [5, 5.41) is 2.70. The van der Waals surface area contributed by atoms with Gasteiger partial charge in [0.05, 0.1) is 31.7 Å². The number of carbonyl (C=O) groups excluding carboxylic acids is 2. The fourth-order valence-corrected chi connectivity index (χ4v) is 4.03. The first-order valence-corrected chi connectivity index (χ1v) is 10.7. The molecule has 1 atom stereocenters. The fourth-order valence-electron chi connectivity index (χ4n) is 2.82. The first kappa shape index (κ1) is 22.2. The summed E-state index contributed by atoms with van der Waals surface area (Å²) in [5.74, 6) is -0.401. The molecule has 0 aliphatic heterocycles. The number of carbonyl (C=O) groups is 2. The van der Waals surface area contributed by atoms with Gasteiger partial charge in [-0.1, -0.05) is 6.92 Å². The predicted molar refractivity (Wildman–Crippen MR) is 111 cm³/mol. The summed E-state index contributed by atoms with van der Waals surface area (Å²) in [4.78, 5) is 24.4. The van der Waals surface area contributed by atoms with Gasteiger partial charge in [-0.25, -0.2) is 13.2 Å². The second kappa shape index (κ2) is 9.42. The normalized spacial score (nSPS) is 12.0. The van der Waals surface area contributed by atoms with E-state index in [1.807, 2.05) is 0 Å². The van der Waals surface area contributed by atoms with Gasteiger partial charge in [0, 0.05) is 5.69 Å². The summed E-state index contributed by atoms with van der Waals surface area (Å²) < 4.78 is 35.7. The van der Waals surface area contributed by atoms with Gasteiger partial charge in [0.25, 0.3) is 0 Å². The van der Waals surface area contributed by atoms with Crippen molar-refractivity contribution >= 4 is 33.3 Å². The zero-order chi connectivity index (χ0) is 21.6. The van der Waals surface area contributed by atoms with E-state index in [1.165, 1.54) is 26.4 Å². The summed E-state index contributed by atoms with van der Waals surface area (Å²) in [6, 6.07) is 11.6. The van der Waals surface area contributed by atoms with Crippen LogP contribution in [0, 0.1) is 0 Å². The number of amides is 1. The first-order chi connectivity index (χ1) is 13.7. The number of anilines is 2. The van der Waals surface area contributed by atoms with E-state index in [0.29, 0.717) is 22.7 Å². The van der Waals surface area contributed by atoms with Crippen LogP contribution >= 0.6 is 0 Å². The molecule has 0 fully saturated rings. The molecule has 0 radical (unpaired) electrons. The van der Waals surface area contributed by atoms with Crippen molar-refractivity contribution in [3.05, 3.63) is 54.1 Å². The monoisotopic (exact) mass is 420 g/mol. The maximum Gasteiger partial charge on any atom is 0.337 e. The van der Waals surface area contributed by atoms with Crippen LogP contribution in [0.2, 0.25) is 0 Å². The van der Waals surface area contributed by atoms with Gasteiger partial charge >= 0.3 is 5.97 Å². The lowest BCUT2D eigenvalue weighted by Gasteiger charge is -2.30. The Morgan fingerprint density at radius 1 is 1.03 bits per heavy atom. The van der Waals surface area contributed by atoms with E-state index >= 15 is 0 Å². The highest BCUT2D eigenvalue weighted by atomic mass is 32.2. The average molecular weight is 420 g/mol. The van der Waals surface area contributed by atoms with Crippen molar-refractivity contribution in [1.29, 1.82) is 0 Å². The quantitative estimate of drug-likeness (QED) is 0.659. The number of rotatable bonds is 8. The molecule has 1 amide bonds. The lowest BCUT2D eigenvalue weighted by atomic mass is 10.1. The lowest BCUT2D eigenvalue weighted by molar-refractivity contribution is -0.117.